The van der Waals surface area contributed by atoms with Gasteiger partial charge in [-0.15, -0.1) is 12.4 Å². The lowest BCUT2D eigenvalue weighted by atomic mass is 10.0. The van der Waals surface area contributed by atoms with E-state index in [1.807, 2.05) is 36.4 Å². The second-order valence-electron chi connectivity index (χ2n) is 5.32. The standard InChI is InChI=1S/C18H22ClNO.ClH/c1-14(2)20-11-6-12-21-18-10-9-16(19)13-17(18)15-7-4-3-5-8-15;/h3-5,7-10,13-14,20H,6,11-12H2,1-2H3;1H. The summed E-state index contributed by atoms with van der Waals surface area (Å²) < 4.78 is 5.93. The fourth-order valence-electron chi connectivity index (χ4n) is 2.12. The predicted molar refractivity (Wildman–Crippen MR) is 97.4 cm³/mol. The Morgan fingerprint density at radius 3 is 2.50 bits per heavy atom. The maximum Gasteiger partial charge on any atom is 0.127 e. The van der Waals surface area contributed by atoms with Crippen LogP contribution in [0, 0.1) is 0 Å². The molecule has 120 valence electrons. The molecule has 0 heterocycles. The zero-order valence-corrected chi connectivity index (χ0v) is 14.6. The highest BCUT2D eigenvalue weighted by Crippen LogP contribution is 2.32. The Hall–Kier alpha value is -1.22. The van der Waals surface area contributed by atoms with Crippen molar-refractivity contribution in [1.29, 1.82) is 0 Å². The Bertz CT molecular complexity index is 558. The molecule has 0 saturated heterocycles. The van der Waals surface area contributed by atoms with Crippen molar-refractivity contribution in [1.82, 2.24) is 5.32 Å². The van der Waals surface area contributed by atoms with Crippen molar-refractivity contribution in [2.45, 2.75) is 26.3 Å². The summed E-state index contributed by atoms with van der Waals surface area (Å²) in [5.41, 5.74) is 2.16. The van der Waals surface area contributed by atoms with Crippen LogP contribution in [-0.2, 0) is 0 Å². The third-order valence-corrected chi connectivity index (χ3v) is 3.39. The third kappa shape index (κ3) is 5.88. The van der Waals surface area contributed by atoms with Crippen molar-refractivity contribution < 1.29 is 4.74 Å². The van der Waals surface area contributed by atoms with Crippen molar-refractivity contribution in [3.63, 3.8) is 0 Å². The van der Waals surface area contributed by atoms with Crippen molar-refractivity contribution in [2.75, 3.05) is 13.2 Å². The summed E-state index contributed by atoms with van der Waals surface area (Å²) in [4.78, 5) is 0. The quantitative estimate of drug-likeness (QED) is 0.700. The minimum atomic E-state index is 0. The van der Waals surface area contributed by atoms with Gasteiger partial charge in [0.15, 0.2) is 0 Å². The molecule has 22 heavy (non-hydrogen) atoms. The van der Waals surface area contributed by atoms with Crippen LogP contribution in [0.25, 0.3) is 11.1 Å². The zero-order valence-electron chi connectivity index (χ0n) is 13.0. The molecule has 2 rings (SSSR count). The van der Waals surface area contributed by atoms with E-state index in [2.05, 4.69) is 31.3 Å². The minimum Gasteiger partial charge on any atom is -0.493 e. The van der Waals surface area contributed by atoms with Crippen LogP contribution in [0.3, 0.4) is 0 Å². The van der Waals surface area contributed by atoms with E-state index in [9.17, 15) is 0 Å². The van der Waals surface area contributed by atoms with Gasteiger partial charge in [-0.3, -0.25) is 0 Å². The topological polar surface area (TPSA) is 21.3 Å². The summed E-state index contributed by atoms with van der Waals surface area (Å²) in [6.07, 6.45) is 0.981. The monoisotopic (exact) mass is 339 g/mol. The number of hydrogen-bond donors (Lipinski definition) is 1. The molecule has 2 aromatic rings. The van der Waals surface area contributed by atoms with Gasteiger partial charge in [0.1, 0.15) is 5.75 Å². The Labute approximate surface area is 144 Å². The first-order valence-electron chi connectivity index (χ1n) is 7.38. The van der Waals surface area contributed by atoms with Crippen molar-refractivity contribution in [3.8, 4) is 16.9 Å². The van der Waals surface area contributed by atoms with Gasteiger partial charge in [0.05, 0.1) is 6.61 Å². The lowest BCUT2D eigenvalue weighted by molar-refractivity contribution is 0.307. The number of rotatable bonds is 7. The van der Waals surface area contributed by atoms with Crippen LogP contribution in [0.5, 0.6) is 5.75 Å². The van der Waals surface area contributed by atoms with Gasteiger partial charge >= 0.3 is 0 Å². The second-order valence-corrected chi connectivity index (χ2v) is 5.75. The van der Waals surface area contributed by atoms with Crippen molar-refractivity contribution in [2.24, 2.45) is 0 Å². The van der Waals surface area contributed by atoms with Crippen LogP contribution in [0.1, 0.15) is 20.3 Å². The highest BCUT2D eigenvalue weighted by atomic mass is 35.5. The highest BCUT2D eigenvalue weighted by molar-refractivity contribution is 6.31. The van der Waals surface area contributed by atoms with Crippen LogP contribution in [0.2, 0.25) is 5.02 Å². The molecule has 4 heteroatoms. The Morgan fingerprint density at radius 1 is 1.09 bits per heavy atom. The van der Waals surface area contributed by atoms with E-state index in [0.717, 1.165) is 34.9 Å². The van der Waals surface area contributed by atoms with Gasteiger partial charge in [0.25, 0.3) is 0 Å². The molecule has 2 nitrogen and oxygen atoms in total. The van der Waals surface area contributed by atoms with Gasteiger partial charge in [-0.1, -0.05) is 55.8 Å². The summed E-state index contributed by atoms with van der Waals surface area (Å²) in [6.45, 7) is 5.95. The Kier molecular flexibility index (Phi) is 8.32. The fraction of sp³-hybridized carbons (Fsp3) is 0.333. The molecule has 1 N–H and O–H groups in total. The molecule has 0 saturated carbocycles. The van der Waals surface area contributed by atoms with E-state index in [1.54, 1.807) is 0 Å². The van der Waals surface area contributed by atoms with E-state index in [-0.39, 0.29) is 12.4 Å². The van der Waals surface area contributed by atoms with Crippen LogP contribution in [0.4, 0.5) is 0 Å². The van der Waals surface area contributed by atoms with E-state index in [4.69, 9.17) is 16.3 Å². The number of benzene rings is 2. The Morgan fingerprint density at radius 2 is 1.82 bits per heavy atom. The SMILES string of the molecule is CC(C)NCCCOc1ccc(Cl)cc1-c1ccccc1.Cl. The smallest absolute Gasteiger partial charge is 0.127 e. The average molecular weight is 340 g/mol. The average Bonchev–Trinajstić information content (AvgIpc) is 2.49. The number of halogens is 2. The maximum absolute atomic E-state index is 6.12. The first-order valence-corrected chi connectivity index (χ1v) is 7.76. The predicted octanol–water partition coefficient (Wildman–Crippen LogP) is 5.20. The largest absolute Gasteiger partial charge is 0.493 e. The molecular formula is C18H23Cl2NO. The molecule has 0 atom stereocenters. The first kappa shape index (κ1) is 18.8. The molecule has 0 aliphatic rings. The molecule has 0 aromatic heterocycles. The van der Waals surface area contributed by atoms with Crippen LogP contribution < -0.4 is 10.1 Å². The number of ether oxygens (including phenoxy) is 1. The Balaban J connectivity index is 0.00000242. The maximum atomic E-state index is 6.12. The third-order valence-electron chi connectivity index (χ3n) is 3.16. The summed E-state index contributed by atoms with van der Waals surface area (Å²) >= 11 is 6.12. The van der Waals surface area contributed by atoms with E-state index in [1.165, 1.54) is 0 Å². The summed E-state index contributed by atoms with van der Waals surface area (Å²) in [5, 5.41) is 4.11. The molecule has 0 aliphatic heterocycles. The minimum absolute atomic E-state index is 0. The number of hydrogen-bond acceptors (Lipinski definition) is 2. The van der Waals surface area contributed by atoms with E-state index < -0.39 is 0 Å². The van der Waals surface area contributed by atoms with Crippen LogP contribution >= 0.6 is 24.0 Å². The second kappa shape index (κ2) is 9.73. The molecule has 2 aromatic carbocycles. The summed E-state index contributed by atoms with van der Waals surface area (Å²) in [6, 6.07) is 16.5. The fourth-order valence-corrected chi connectivity index (χ4v) is 2.29. The zero-order chi connectivity index (χ0) is 15.1. The van der Waals surface area contributed by atoms with Gasteiger partial charge in [-0.2, -0.15) is 0 Å². The van der Waals surface area contributed by atoms with Gasteiger partial charge in [0, 0.05) is 16.6 Å². The number of nitrogens with one attached hydrogen (secondary N) is 1. The lowest BCUT2D eigenvalue weighted by Crippen LogP contribution is -2.24. The van der Waals surface area contributed by atoms with Gasteiger partial charge in [-0.25, -0.2) is 0 Å². The normalized spacial score (nSPS) is 10.4. The highest BCUT2D eigenvalue weighted by Gasteiger charge is 2.07. The molecule has 0 aliphatic carbocycles. The van der Waals surface area contributed by atoms with Crippen molar-refractivity contribution >= 4 is 24.0 Å². The lowest BCUT2D eigenvalue weighted by Gasteiger charge is -2.13. The summed E-state index contributed by atoms with van der Waals surface area (Å²) in [7, 11) is 0. The van der Waals surface area contributed by atoms with E-state index >= 15 is 0 Å². The molecule has 0 fully saturated rings. The first-order chi connectivity index (χ1) is 10.2. The van der Waals surface area contributed by atoms with Gasteiger partial charge < -0.3 is 10.1 Å². The molecule has 0 radical (unpaired) electrons. The van der Waals surface area contributed by atoms with Gasteiger partial charge in [-0.05, 0) is 36.7 Å². The molecule has 0 unspecified atom stereocenters. The van der Waals surface area contributed by atoms with Crippen LogP contribution in [0.15, 0.2) is 48.5 Å². The van der Waals surface area contributed by atoms with E-state index in [0.29, 0.717) is 12.6 Å². The summed E-state index contributed by atoms with van der Waals surface area (Å²) in [5.74, 6) is 0.884. The van der Waals surface area contributed by atoms with Crippen LogP contribution in [-0.4, -0.2) is 19.2 Å². The molecule has 0 amide bonds. The van der Waals surface area contributed by atoms with Gasteiger partial charge in [0.2, 0.25) is 0 Å². The van der Waals surface area contributed by atoms with Crippen molar-refractivity contribution in [3.05, 3.63) is 53.6 Å². The molecule has 0 bridgehead atoms. The molecule has 0 spiro atoms. The molecular weight excluding hydrogens is 317 g/mol.